The molecule has 2 fully saturated rings. The van der Waals surface area contributed by atoms with Crippen LogP contribution in [0.2, 0.25) is 0 Å². The van der Waals surface area contributed by atoms with Crippen LogP contribution in [0.1, 0.15) is 12.8 Å². The third kappa shape index (κ3) is 27.5. The van der Waals surface area contributed by atoms with E-state index >= 15 is 0 Å². The van der Waals surface area contributed by atoms with Crippen molar-refractivity contribution >= 4 is 11.9 Å². The van der Waals surface area contributed by atoms with Crippen molar-refractivity contribution in [3.8, 4) is 0 Å². The third-order valence-corrected chi connectivity index (χ3v) is 2.99. The van der Waals surface area contributed by atoms with E-state index in [4.69, 9.17) is 29.3 Å². The van der Waals surface area contributed by atoms with Gasteiger partial charge in [0.15, 0.2) is 0 Å². The number of rotatable bonds is 8. The Labute approximate surface area is 191 Å². The van der Waals surface area contributed by atoms with Gasteiger partial charge in [0.25, 0.3) is 0 Å². The molecule has 158 valence electrons. The third-order valence-electron chi connectivity index (χ3n) is 2.99. The Kier molecular flexibility index (Phi) is 29.2. The topological polar surface area (TPSA) is 151 Å². The summed E-state index contributed by atoms with van der Waals surface area (Å²) >= 11 is 0. The fourth-order valence-electron chi connectivity index (χ4n) is 1.60. The van der Waals surface area contributed by atoms with E-state index in [0.717, 1.165) is 26.1 Å². The number of carbonyl (C=O) groups is 2. The number of hydrogen-bond acceptors (Lipinski definition) is 8. The second-order valence-electron chi connectivity index (χ2n) is 5.22. The summed E-state index contributed by atoms with van der Waals surface area (Å²) in [7, 11) is 3.45. The molecule has 2 saturated carbocycles. The van der Waals surface area contributed by atoms with Crippen LogP contribution in [0.5, 0.6) is 0 Å². The quantitative estimate of drug-likeness (QED) is 0.420. The Bertz CT molecular complexity index is 329. The summed E-state index contributed by atoms with van der Waals surface area (Å²) in [5, 5.41) is 18.3. The van der Waals surface area contributed by atoms with Gasteiger partial charge in [-0.1, -0.05) is 0 Å². The molecule has 2 aliphatic carbocycles. The minimum Gasteiger partial charge on any atom is -0.549 e. The summed E-state index contributed by atoms with van der Waals surface area (Å²) in [5.74, 6) is 0.281. The van der Waals surface area contributed by atoms with Gasteiger partial charge in [-0.15, -0.1) is 0 Å². The molecule has 0 bridgehead atoms. The summed E-state index contributed by atoms with van der Waals surface area (Å²) in [6, 6.07) is 0. The van der Waals surface area contributed by atoms with Crippen molar-refractivity contribution in [3.05, 3.63) is 63.2 Å². The smallest absolute Gasteiger partial charge is 0.549 e. The van der Waals surface area contributed by atoms with Gasteiger partial charge in [0, 0.05) is 40.5 Å². The Hall–Kier alpha value is -0.506. The Balaban J connectivity index is -0.000000321. The fraction of sp³-hybridized carbons (Fsp3) is 0.400. The minimum absolute atomic E-state index is 0. The number of methoxy groups -OCH3 is 2. The van der Waals surface area contributed by atoms with Gasteiger partial charge in [-0.25, -0.2) is 0 Å². The zero-order valence-electron chi connectivity index (χ0n) is 17.0. The van der Waals surface area contributed by atoms with Gasteiger partial charge in [0.1, 0.15) is 0 Å². The van der Waals surface area contributed by atoms with E-state index in [1.807, 2.05) is 25.7 Å². The Morgan fingerprint density at radius 1 is 0.759 bits per heavy atom. The van der Waals surface area contributed by atoms with Crippen LogP contribution in [0.25, 0.3) is 0 Å². The van der Waals surface area contributed by atoms with Crippen molar-refractivity contribution in [3.63, 3.8) is 0 Å². The summed E-state index contributed by atoms with van der Waals surface area (Å²) in [5.41, 5.74) is 9.02. The first-order valence-electron chi connectivity index (χ1n) is 8.60. The molecule has 4 N–H and O–H groups in total. The van der Waals surface area contributed by atoms with E-state index in [-0.39, 0.29) is 34.8 Å². The van der Waals surface area contributed by atoms with E-state index in [2.05, 4.69) is 37.2 Å². The molecule has 0 aromatic rings. The maximum Gasteiger partial charge on any atom is 4.00 e. The number of aliphatic carboxylic acids is 2. The number of nitrogens with two attached hydrogens (primary N) is 2. The van der Waals surface area contributed by atoms with Crippen LogP contribution in [0.15, 0.2) is 0 Å². The Morgan fingerprint density at radius 3 is 1.17 bits per heavy atom. The summed E-state index contributed by atoms with van der Waals surface area (Å²) in [6.07, 6.45) is 18.7. The average Bonchev–Trinajstić information content (AvgIpc) is 3.40. The first kappa shape index (κ1) is 33.1. The number of hydrogen-bond donors (Lipinski definition) is 2. The van der Waals surface area contributed by atoms with Crippen LogP contribution in [-0.4, -0.2) is 52.5 Å². The van der Waals surface area contributed by atoms with Crippen LogP contribution < -0.4 is 21.7 Å². The maximum absolute atomic E-state index is 9.13. The van der Waals surface area contributed by atoms with Crippen LogP contribution in [0.3, 0.4) is 0 Å². The number of carboxylic acids is 2. The molecule has 0 aliphatic heterocycles. The molecule has 0 saturated heterocycles. The van der Waals surface area contributed by atoms with Crippen LogP contribution in [0.4, 0.5) is 0 Å². The fourth-order valence-corrected chi connectivity index (χ4v) is 1.60. The molecule has 0 spiro atoms. The van der Waals surface area contributed by atoms with E-state index in [0.29, 0.717) is 0 Å². The van der Waals surface area contributed by atoms with Gasteiger partial charge in [-0.3, -0.25) is 0 Å². The molecule has 29 heavy (non-hydrogen) atoms. The first-order chi connectivity index (χ1) is 13.4. The number of ether oxygens (including phenoxy) is 2. The maximum atomic E-state index is 9.13. The van der Waals surface area contributed by atoms with Gasteiger partial charge in [0.2, 0.25) is 0 Å². The monoisotopic (exact) mass is 442 g/mol. The predicted octanol–water partition coefficient (Wildman–Crippen LogP) is -1.76. The normalized spacial score (nSPS) is 15.6. The van der Waals surface area contributed by atoms with E-state index in [1.54, 1.807) is 14.2 Å². The van der Waals surface area contributed by atoms with Crippen molar-refractivity contribution in [2.24, 2.45) is 11.5 Å². The van der Waals surface area contributed by atoms with Crippen molar-refractivity contribution in [1.82, 2.24) is 0 Å². The minimum atomic E-state index is -1.22. The molecule has 0 unspecified atom stereocenters. The zero-order valence-corrected chi connectivity index (χ0v) is 18.5. The van der Waals surface area contributed by atoms with Crippen LogP contribution in [0, 0.1) is 63.2 Å². The summed E-state index contributed by atoms with van der Waals surface area (Å²) in [4.78, 5) is 18.3. The zero-order chi connectivity index (χ0) is 21.6. The molecule has 10 radical (unpaired) electrons. The summed E-state index contributed by atoms with van der Waals surface area (Å²) < 4.78 is 9.83. The van der Waals surface area contributed by atoms with Crippen LogP contribution >= 0.6 is 0 Å². The molecule has 0 aromatic heterocycles. The number of carbonyl (C=O) groups excluding carboxylic acids is 2. The molecule has 0 heterocycles. The van der Waals surface area contributed by atoms with Gasteiger partial charge in [-0.2, -0.15) is 0 Å². The molecular weight excluding hydrogens is 412 g/mol. The molecule has 0 atom stereocenters. The first-order valence-corrected chi connectivity index (χ1v) is 8.60. The molecule has 8 nitrogen and oxygen atoms in total. The van der Waals surface area contributed by atoms with Gasteiger partial charge in [-0.05, 0) is 76.0 Å². The Morgan fingerprint density at radius 2 is 1.00 bits per heavy atom. The molecule has 2 aliphatic rings. The van der Waals surface area contributed by atoms with Gasteiger partial charge in [0.05, 0.1) is 11.9 Å². The number of carboxylic acid groups (broad SMARTS) is 2. The van der Waals surface area contributed by atoms with Crippen LogP contribution in [-0.2, 0) is 40.8 Å². The largest absolute Gasteiger partial charge is 4.00 e. The summed E-state index contributed by atoms with van der Waals surface area (Å²) in [6.45, 7) is 0.869. The average molecular weight is 442 g/mol. The molecule has 0 amide bonds. The van der Waals surface area contributed by atoms with Gasteiger partial charge < -0.3 is 40.7 Å². The van der Waals surface area contributed by atoms with E-state index < -0.39 is 11.9 Å². The standard InChI is InChI=1S/2C8H11O.2C2H5NO2.Ti/c2*1-9-7-6-8-4-2-3-5-8;2*3-1-2(4)5;/h2*2-5H,6-7H2,1H3;2*1,3H2,(H,4,5);/q;;;;+4/p-2. The van der Waals surface area contributed by atoms with Crippen molar-refractivity contribution < 1.29 is 51.0 Å². The molecule has 2 rings (SSSR count). The van der Waals surface area contributed by atoms with Crippen molar-refractivity contribution in [1.29, 1.82) is 0 Å². The van der Waals surface area contributed by atoms with E-state index in [9.17, 15) is 0 Å². The predicted molar refractivity (Wildman–Crippen MR) is 102 cm³/mol. The second kappa shape index (κ2) is 25.5. The molecule has 0 aromatic carbocycles. The van der Waals surface area contributed by atoms with E-state index in [1.165, 1.54) is 11.8 Å². The van der Waals surface area contributed by atoms with Crippen molar-refractivity contribution in [2.45, 2.75) is 12.8 Å². The van der Waals surface area contributed by atoms with Crippen molar-refractivity contribution in [2.75, 3.05) is 40.5 Å². The molecular formula is C20H30N2O6Ti+2. The SMILES string of the molecule is COCC[C]1[CH][CH][CH][CH]1.COCC[C]1[CH][CH][CH][CH]1.NCC(=O)[O-].NCC(=O)[O-].[Ti+4]. The second-order valence-corrected chi connectivity index (χ2v) is 5.22. The molecule has 9 heteroatoms. The van der Waals surface area contributed by atoms with Gasteiger partial charge >= 0.3 is 21.7 Å².